The highest BCUT2D eigenvalue weighted by Crippen LogP contribution is 2.30. The minimum Gasteiger partial charge on any atom is -0.354 e. The zero-order chi connectivity index (χ0) is 23.4. The highest BCUT2D eigenvalue weighted by Gasteiger charge is 2.44. The minimum absolute atomic E-state index is 0.00155. The van der Waals surface area contributed by atoms with E-state index in [0.717, 1.165) is 28.9 Å². The van der Waals surface area contributed by atoms with Gasteiger partial charge < -0.3 is 5.32 Å². The number of carbonyl (C=O) groups excluding carboxylic acids is 3. The van der Waals surface area contributed by atoms with Gasteiger partial charge in [0.05, 0.1) is 0 Å². The standard InChI is InChI=1S/C24H27Cl2N3O3/c1-4-5-17(20-11-8-18(25)12-21(20)26)13-27-22(30)14-28-23(31)16(3)29(24(28)32)19-9-6-15(2)7-10-19/h6-12,16-17H,4-5,13-14H2,1-3H3,(H,27,30)/t16-,17-/m0/s1. The lowest BCUT2D eigenvalue weighted by atomic mass is 9.94. The summed E-state index contributed by atoms with van der Waals surface area (Å²) in [5.41, 5.74) is 2.59. The van der Waals surface area contributed by atoms with Crippen molar-refractivity contribution in [3.8, 4) is 0 Å². The first kappa shape index (κ1) is 24.1. The van der Waals surface area contributed by atoms with E-state index in [-0.39, 0.29) is 12.5 Å². The molecule has 0 radical (unpaired) electrons. The Morgan fingerprint density at radius 3 is 2.44 bits per heavy atom. The maximum atomic E-state index is 12.9. The molecule has 6 nitrogen and oxygen atoms in total. The largest absolute Gasteiger partial charge is 0.354 e. The summed E-state index contributed by atoms with van der Waals surface area (Å²) in [6.07, 6.45) is 1.73. The van der Waals surface area contributed by atoms with Gasteiger partial charge in [-0.2, -0.15) is 0 Å². The molecule has 0 spiro atoms. The van der Waals surface area contributed by atoms with Gasteiger partial charge in [0.2, 0.25) is 5.91 Å². The molecule has 1 aliphatic rings. The number of hydrogen-bond donors (Lipinski definition) is 1. The first-order valence-corrected chi connectivity index (χ1v) is 11.4. The summed E-state index contributed by atoms with van der Waals surface area (Å²) in [6.45, 7) is 5.70. The van der Waals surface area contributed by atoms with Crippen molar-refractivity contribution in [2.75, 3.05) is 18.0 Å². The maximum absolute atomic E-state index is 12.9. The van der Waals surface area contributed by atoms with E-state index in [2.05, 4.69) is 12.2 Å². The number of imide groups is 1. The quantitative estimate of drug-likeness (QED) is 0.536. The van der Waals surface area contributed by atoms with Crippen molar-refractivity contribution in [2.45, 2.75) is 45.6 Å². The molecule has 1 fully saturated rings. The van der Waals surface area contributed by atoms with Crippen LogP contribution in [0.1, 0.15) is 43.7 Å². The molecule has 2 aromatic carbocycles. The van der Waals surface area contributed by atoms with Gasteiger partial charge in [0.25, 0.3) is 5.91 Å². The minimum atomic E-state index is -0.668. The summed E-state index contributed by atoms with van der Waals surface area (Å²) in [5, 5.41) is 3.96. The van der Waals surface area contributed by atoms with E-state index in [1.54, 1.807) is 31.2 Å². The van der Waals surface area contributed by atoms with Crippen molar-refractivity contribution >= 4 is 46.7 Å². The van der Waals surface area contributed by atoms with Gasteiger partial charge >= 0.3 is 6.03 Å². The van der Waals surface area contributed by atoms with E-state index in [9.17, 15) is 14.4 Å². The summed E-state index contributed by atoms with van der Waals surface area (Å²) in [6, 6.07) is 11.5. The summed E-state index contributed by atoms with van der Waals surface area (Å²) in [7, 11) is 0. The highest BCUT2D eigenvalue weighted by molar-refractivity contribution is 6.35. The number of benzene rings is 2. The second-order valence-corrected chi connectivity index (χ2v) is 8.89. The third-order valence-electron chi connectivity index (χ3n) is 5.65. The van der Waals surface area contributed by atoms with Crippen molar-refractivity contribution < 1.29 is 14.4 Å². The molecule has 32 heavy (non-hydrogen) atoms. The Bertz CT molecular complexity index is 1010. The molecule has 0 saturated carbocycles. The van der Waals surface area contributed by atoms with Crippen LogP contribution in [0.15, 0.2) is 42.5 Å². The monoisotopic (exact) mass is 475 g/mol. The van der Waals surface area contributed by atoms with Crippen LogP contribution in [0.3, 0.4) is 0 Å². The third kappa shape index (κ3) is 5.25. The van der Waals surface area contributed by atoms with Crippen LogP contribution < -0.4 is 10.2 Å². The number of hydrogen-bond acceptors (Lipinski definition) is 3. The molecular weight excluding hydrogens is 449 g/mol. The summed E-state index contributed by atoms with van der Waals surface area (Å²) in [4.78, 5) is 40.7. The molecule has 8 heteroatoms. The number of rotatable bonds is 8. The Hall–Kier alpha value is -2.57. The second kappa shape index (κ2) is 10.4. The van der Waals surface area contributed by atoms with Crippen molar-refractivity contribution in [1.82, 2.24) is 10.2 Å². The molecule has 2 atom stereocenters. The molecule has 0 aromatic heterocycles. The molecule has 170 valence electrons. The Morgan fingerprint density at radius 2 is 1.81 bits per heavy atom. The molecule has 0 bridgehead atoms. The van der Waals surface area contributed by atoms with Gasteiger partial charge in [-0.3, -0.25) is 19.4 Å². The van der Waals surface area contributed by atoms with Crippen LogP contribution in [0.2, 0.25) is 10.0 Å². The van der Waals surface area contributed by atoms with Gasteiger partial charge in [-0.05, 0) is 50.1 Å². The predicted molar refractivity (Wildman–Crippen MR) is 127 cm³/mol. The Labute approximate surface area is 198 Å². The van der Waals surface area contributed by atoms with Crippen LogP contribution in [-0.2, 0) is 9.59 Å². The summed E-state index contributed by atoms with van der Waals surface area (Å²) < 4.78 is 0. The van der Waals surface area contributed by atoms with E-state index in [0.29, 0.717) is 22.3 Å². The number of urea groups is 1. The van der Waals surface area contributed by atoms with Gasteiger partial charge in [-0.15, -0.1) is 0 Å². The SMILES string of the molecule is CCC[C@@H](CNC(=O)CN1C(=O)[C@H](C)N(c2ccc(C)cc2)C1=O)c1ccc(Cl)cc1Cl. The lowest BCUT2D eigenvalue weighted by Crippen LogP contribution is -2.42. The van der Waals surface area contributed by atoms with Gasteiger partial charge in [0.1, 0.15) is 12.6 Å². The van der Waals surface area contributed by atoms with Gasteiger partial charge in [0, 0.05) is 28.2 Å². The van der Waals surface area contributed by atoms with Crippen molar-refractivity contribution in [3.05, 3.63) is 63.6 Å². The van der Waals surface area contributed by atoms with E-state index in [1.807, 2.05) is 25.1 Å². The van der Waals surface area contributed by atoms with Crippen molar-refractivity contribution in [2.24, 2.45) is 0 Å². The lowest BCUT2D eigenvalue weighted by Gasteiger charge is -2.21. The Morgan fingerprint density at radius 1 is 1.12 bits per heavy atom. The molecule has 4 amide bonds. The highest BCUT2D eigenvalue weighted by atomic mass is 35.5. The average Bonchev–Trinajstić information content (AvgIpc) is 2.95. The second-order valence-electron chi connectivity index (χ2n) is 8.04. The first-order valence-electron chi connectivity index (χ1n) is 10.7. The topological polar surface area (TPSA) is 69.7 Å². The fourth-order valence-corrected chi connectivity index (χ4v) is 4.46. The molecule has 0 unspecified atom stereocenters. The molecule has 1 N–H and O–H groups in total. The van der Waals surface area contributed by atoms with Gasteiger partial charge in [0.15, 0.2) is 0 Å². The number of halogens is 2. The zero-order valence-electron chi connectivity index (χ0n) is 18.4. The number of anilines is 1. The summed E-state index contributed by atoms with van der Waals surface area (Å²) >= 11 is 12.3. The molecular formula is C24H27Cl2N3O3. The van der Waals surface area contributed by atoms with Crippen LogP contribution in [0.4, 0.5) is 10.5 Å². The molecule has 1 aliphatic heterocycles. The molecule has 3 rings (SSSR count). The summed E-state index contributed by atoms with van der Waals surface area (Å²) in [5.74, 6) is -0.783. The smallest absolute Gasteiger partial charge is 0.332 e. The molecule has 2 aromatic rings. The lowest BCUT2D eigenvalue weighted by molar-refractivity contribution is -0.131. The maximum Gasteiger partial charge on any atom is 0.332 e. The van der Waals surface area contributed by atoms with Crippen LogP contribution >= 0.6 is 23.2 Å². The van der Waals surface area contributed by atoms with Gasteiger partial charge in [-0.1, -0.05) is 60.3 Å². The van der Waals surface area contributed by atoms with E-state index in [4.69, 9.17) is 23.2 Å². The predicted octanol–water partition coefficient (Wildman–Crippen LogP) is 5.16. The fraction of sp³-hybridized carbons (Fsp3) is 0.375. The number of amides is 4. The van der Waals surface area contributed by atoms with Crippen LogP contribution in [0.5, 0.6) is 0 Å². The Balaban J connectivity index is 1.66. The normalized spacial score (nSPS) is 17.1. The molecule has 1 heterocycles. The molecule has 1 saturated heterocycles. The number of nitrogens with one attached hydrogen (secondary N) is 1. The number of aryl methyl sites for hydroxylation is 1. The van der Waals surface area contributed by atoms with Crippen LogP contribution in [0, 0.1) is 6.92 Å². The first-order chi connectivity index (χ1) is 15.2. The van der Waals surface area contributed by atoms with Crippen molar-refractivity contribution in [3.63, 3.8) is 0 Å². The zero-order valence-corrected chi connectivity index (χ0v) is 19.9. The third-order valence-corrected chi connectivity index (χ3v) is 6.21. The fourth-order valence-electron chi connectivity index (χ4n) is 3.90. The number of carbonyl (C=O) groups is 3. The van der Waals surface area contributed by atoms with Gasteiger partial charge in [-0.25, -0.2) is 4.79 Å². The number of nitrogens with zero attached hydrogens (tertiary/aromatic N) is 2. The van der Waals surface area contributed by atoms with Crippen molar-refractivity contribution in [1.29, 1.82) is 0 Å². The van der Waals surface area contributed by atoms with E-state index in [1.165, 1.54) is 4.90 Å². The Kier molecular flexibility index (Phi) is 7.80. The average molecular weight is 476 g/mol. The molecule has 0 aliphatic carbocycles. The van der Waals surface area contributed by atoms with Crippen LogP contribution in [0.25, 0.3) is 0 Å². The van der Waals surface area contributed by atoms with E-state index < -0.39 is 23.9 Å². The van der Waals surface area contributed by atoms with Crippen LogP contribution in [-0.4, -0.2) is 41.9 Å². The van der Waals surface area contributed by atoms with E-state index >= 15 is 0 Å².